The van der Waals surface area contributed by atoms with Crippen LogP contribution in [-0.2, 0) is 7.05 Å². The second-order valence-corrected chi connectivity index (χ2v) is 7.09. The highest BCUT2D eigenvalue weighted by molar-refractivity contribution is 6.24. The Kier molecular flexibility index (Phi) is 2.84. The van der Waals surface area contributed by atoms with Gasteiger partial charge < -0.3 is 8.98 Å². The maximum Gasteiger partial charge on any atom is 0.137 e. The molecule has 0 radical (unpaired) electrons. The largest absolute Gasteiger partial charge is 0.456 e. The minimum Gasteiger partial charge on any atom is -0.456 e. The number of hydrogen-bond acceptors (Lipinski definition) is 1. The van der Waals surface area contributed by atoms with Gasteiger partial charge in [-0.3, -0.25) is 0 Å². The van der Waals surface area contributed by atoms with Gasteiger partial charge >= 0.3 is 0 Å². The number of aryl methyl sites for hydroxylation is 1. The summed E-state index contributed by atoms with van der Waals surface area (Å²) in [6.45, 7) is 0. The van der Waals surface area contributed by atoms with E-state index in [1.807, 2.05) is 6.07 Å². The summed E-state index contributed by atoms with van der Waals surface area (Å²) in [6.07, 6.45) is 0. The summed E-state index contributed by atoms with van der Waals surface area (Å²) in [7, 11) is 2.14. The van der Waals surface area contributed by atoms with Gasteiger partial charge in [0, 0.05) is 28.7 Å². The average molecular weight is 347 g/mol. The summed E-state index contributed by atoms with van der Waals surface area (Å²) in [5, 5.41) is 4.92. The normalized spacial score (nSPS) is 11.9. The van der Waals surface area contributed by atoms with E-state index in [2.05, 4.69) is 90.5 Å². The average Bonchev–Trinajstić information content (AvgIpc) is 3.24. The number of fused-ring (bicyclic) bond motifs is 7. The summed E-state index contributed by atoms with van der Waals surface area (Å²) in [5.41, 5.74) is 6.73. The lowest BCUT2D eigenvalue weighted by Crippen LogP contribution is -1.86. The van der Waals surface area contributed by atoms with E-state index >= 15 is 0 Å². The lowest BCUT2D eigenvalue weighted by Gasteiger charge is -2.02. The molecule has 0 fully saturated rings. The summed E-state index contributed by atoms with van der Waals surface area (Å²) in [5.74, 6) is 0. The van der Waals surface area contributed by atoms with Gasteiger partial charge in [0.15, 0.2) is 0 Å². The van der Waals surface area contributed by atoms with Crippen molar-refractivity contribution in [3.8, 4) is 11.1 Å². The van der Waals surface area contributed by atoms with Crippen LogP contribution in [0.5, 0.6) is 0 Å². The summed E-state index contributed by atoms with van der Waals surface area (Å²) in [4.78, 5) is 0. The first-order valence-electron chi connectivity index (χ1n) is 9.19. The molecule has 2 heteroatoms. The molecular weight excluding hydrogens is 330 g/mol. The van der Waals surface area contributed by atoms with Crippen LogP contribution < -0.4 is 0 Å². The van der Waals surface area contributed by atoms with E-state index < -0.39 is 0 Å². The van der Waals surface area contributed by atoms with Crippen LogP contribution in [0.15, 0.2) is 89.3 Å². The fourth-order valence-electron chi connectivity index (χ4n) is 4.34. The lowest BCUT2D eigenvalue weighted by molar-refractivity contribution is 0.669. The lowest BCUT2D eigenvalue weighted by atomic mass is 10.0. The van der Waals surface area contributed by atoms with Gasteiger partial charge in [-0.25, -0.2) is 0 Å². The van der Waals surface area contributed by atoms with Gasteiger partial charge in [0.25, 0.3) is 0 Å². The van der Waals surface area contributed by atoms with E-state index in [0.29, 0.717) is 0 Å². The monoisotopic (exact) mass is 347 g/mol. The Bertz CT molecular complexity index is 1470. The van der Waals surface area contributed by atoms with Gasteiger partial charge in [-0.15, -0.1) is 0 Å². The molecule has 0 atom stereocenters. The molecule has 2 aromatic heterocycles. The fraction of sp³-hybridized carbons (Fsp3) is 0.0400. The van der Waals surface area contributed by atoms with Crippen LogP contribution in [0.1, 0.15) is 0 Å². The molecule has 0 N–H and O–H groups in total. The second-order valence-electron chi connectivity index (χ2n) is 7.09. The zero-order chi connectivity index (χ0) is 18.0. The first kappa shape index (κ1) is 14.6. The van der Waals surface area contributed by atoms with Gasteiger partial charge in [-0.05, 0) is 41.5 Å². The molecule has 0 saturated carbocycles. The first-order chi connectivity index (χ1) is 13.3. The molecule has 6 rings (SSSR count). The number of para-hydroxylation sites is 1. The molecule has 128 valence electrons. The molecule has 0 bridgehead atoms. The van der Waals surface area contributed by atoms with E-state index in [9.17, 15) is 0 Å². The van der Waals surface area contributed by atoms with Gasteiger partial charge in [0.1, 0.15) is 11.2 Å². The summed E-state index contributed by atoms with van der Waals surface area (Å²) < 4.78 is 8.55. The quantitative estimate of drug-likeness (QED) is 0.316. The van der Waals surface area contributed by atoms with Gasteiger partial charge in [0.2, 0.25) is 0 Å². The van der Waals surface area contributed by atoms with Crippen molar-refractivity contribution in [1.29, 1.82) is 0 Å². The zero-order valence-corrected chi connectivity index (χ0v) is 14.9. The van der Waals surface area contributed by atoms with E-state index in [4.69, 9.17) is 4.42 Å². The highest BCUT2D eigenvalue weighted by Crippen LogP contribution is 2.39. The second kappa shape index (κ2) is 5.24. The molecule has 2 nitrogen and oxygen atoms in total. The van der Waals surface area contributed by atoms with E-state index in [0.717, 1.165) is 11.2 Å². The molecule has 0 aliphatic heterocycles. The molecule has 0 aliphatic rings. The molecular formula is C25H17NO. The van der Waals surface area contributed by atoms with Gasteiger partial charge in [-0.2, -0.15) is 0 Å². The predicted molar refractivity (Wildman–Crippen MR) is 113 cm³/mol. The summed E-state index contributed by atoms with van der Waals surface area (Å²) >= 11 is 0. The van der Waals surface area contributed by atoms with E-state index in [-0.39, 0.29) is 0 Å². The van der Waals surface area contributed by atoms with Crippen molar-refractivity contribution in [3.05, 3.63) is 84.9 Å². The Labute approximate surface area is 156 Å². The third-order valence-electron chi connectivity index (χ3n) is 5.61. The molecule has 2 heterocycles. The Morgan fingerprint density at radius 3 is 2.30 bits per heavy atom. The van der Waals surface area contributed by atoms with Crippen LogP contribution in [0.2, 0.25) is 0 Å². The maximum absolute atomic E-state index is 6.26. The Morgan fingerprint density at radius 2 is 1.41 bits per heavy atom. The van der Waals surface area contributed by atoms with Gasteiger partial charge in [0.05, 0.1) is 10.9 Å². The van der Waals surface area contributed by atoms with Crippen LogP contribution in [0.3, 0.4) is 0 Å². The third kappa shape index (κ3) is 1.95. The molecule has 0 spiro atoms. The molecule has 27 heavy (non-hydrogen) atoms. The van der Waals surface area contributed by atoms with Crippen LogP contribution in [0.4, 0.5) is 0 Å². The highest BCUT2D eigenvalue weighted by Gasteiger charge is 2.16. The van der Waals surface area contributed by atoms with Crippen LogP contribution in [0, 0.1) is 0 Å². The minimum absolute atomic E-state index is 0.934. The van der Waals surface area contributed by atoms with Crippen molar-refractivity contribution in [2.24, 2.45) is 7.05 Å². The number of furan rings is 1. The smallest absolute Gasteiger partial charge is 0.137 e. The molecule has 0 amide bonds. The molecule has 0 saturated heterocycles. The van der Waals surface area contributed by atoms with Crippen molar-refractivity contribution in [3.63, 3.8) is 0 Å². The number of aromatic nitrogens is 1. The maximum atomic E-state index is 6.26. The number of benzene rings is 4. The number of nitrogens with zero attached hydrogens (tertiary/aromatic N) is 1. The molecule has 0 unspecified atom stereocenters. The summed E-state index contributed by atoms with van der Waals surface area (Å²) in [6, 6.07) is 29.8. The van der Waals surface area contributed by atoms with Crippen molar-refractivity contribution in [2.45, 2.75) is 0 Å². The number of hydrogen-bond donors (Lipinski definition) is 0. The standard InChI is InChI=1S/C25H17NO/c1-26-21-10-6-5-9-18(21)19-13-14-22-24(25(19)26)20-12-11-17(15-23(20)27-22)16-7-3-2-4-8-16/h2-15H,1H3. The molecule has 0 aliphatic carbocycles. The van der Waals surface area contributed by atoms with E-state index in [1.165, 1.54) is 43.7 Å². The SMILES string of the molecule is Cn1c2ccccc2c2ccc3oc4cc(-c5ccccc5)ccc4c3c21. The molecule has 4 aromatic carbocycles. The van der Waals surface area contributed by atoms with Crippen LogP contribution in [0.25, 0.3) is 54.9 Å². The third-order valence-corrected chi connectivity index (χ3v) is 5.61. The van der Waals surface area contributed by atoms with Crippen LogP contribution in [-0.4, -0.2) is 4.57 Å². The van der Waals surface area contributed by atoms with E-state index in [1.54, 1.807) is 0 Å². The fourth-order valence-corrected chi connectivity index (χ4v) is 4.34. The first-order valence-corrected chi connectivity index (χ1v) is 9.19. The Hall–Kier alpha value is -3.52. The minimum atomic E-state index is 0.934. The topological polar surface area (TPSA) is 18.1 Å². The number of rotatable bonds is 1. The van der Waals surface area contributed by atoms with Crippen molar-refractivity contribution in [1.82, 2.24) is 4.57 Å². The zero-order valence-electron chi connectivity index (χ0n) is 14.9. The van der Waals surface area contributed by atoms with Crippen molar-refractivity contribution >= 4 is 43.7 Å². The highest BCUT2D eigenvalue weighted by atomic mass is 16.3. The Balaban J connectivity index is 1.74. The predicted octanol–water partition coefficient (Wildman–Crippen LogP) is 6.90. The van der Waals surface area contributed by atoms with Crippen molar-refractivity contribution < 1.29 is 4.42 Å². The van der Waals surface area contributed by atoms with Gasteiger partial charge in [-0.1, -0.05) is 54.6 Å². The Morgan fingerprint density at radius 1 is 0.630 bits per heavy atom. The molecule has 6 aromatic rings. The van der Waals surface area contributed by atoms with Crippen molar-refractivity contribution in [2.75, 3.05) is 0 Å². The van der Waals surface area contributed by atoms with Crippen LogP contribution >= 0.6 is 0 Å².